The smallest absolute Gasteiger partial charge is 0.329 e. The van der Waals surface area contributed by atoms with Gasteiger partial charge in [0, 0.05) is 11.3 Å². The van der Waals surface area contributed by atoms with Gasteiger partial charge in [0.15, 0.2) is 0 Å². The molecule has 2 fully saturated rings. The van der Waals surface area contributed by atoms with Gasteiger partial charge in [-0.3, -0.25) is 0 Å². The van der Waals surface area contributed by atoms with Crippen LogP contribution >= 0.6 is 11.8 Å². The molecule has 5 nitrogen and oxygen atoms in total. The van der Waals surface area contributed by atoms with Crippen molar-refractivity contribution < 1.29 is 14.7 Å². The van der Waals surface area contributed by atoms with Crippen LogP contribution in [-0.2, 0) is 4.79 Å². The molecule has 3 N–H and O–H groups in total. The number of amides is 2. The topological polar surface area (TPSA) is 78.4 Å². The summed E-state index contributed by atoms with van der Waals surface area (Å²) in [6.07, 6.45) is 6.97. The first kappa shape index (κ1) is 16.5. The van der Waals surface area contributed by atoms with Crippen molar-refractivity contribution in [2.24, 2.45) is 0 Å². The van der Waals surface area contributed by atoms with E-state index in [1.807, 2.05) is 11.8 Å². The first-order chi connectivity index (χ1) is 10.1. The van der Waals surface area contributed by atoms with E-state index in [-0.39, 0.29) is 12.1 Å². The first-order valence-electron chi connectivity index (χ1n) is 7.99. The number of aliphatic carboxylic acids is 1. The number of carboxylic acids is 1. The van der Waals surface area contributed by atoms with E-state index in [4.69, 9.17) is 0 Å². The van der Waals surface area contributed by atoms with Crippen molar-refractivity contribution in [2.75, 3.05) is 5.75 Å². The number of carbonyl (C=O) groups is 2. The van der Waals surface area contributed by atoms with Crippen LogP contribution in [0.5, 0.6) is 0 Å². The number of hydrogen-bond acceptors (Lipinski definition) is 3. The minimum Gasteiger partial charge on any atom is -0.480 e. The van der Waals surface area contributed by atoms with Crippen LogP contribution in [0.15, 0.2) is 0 Å². The molecule has 0 spiro atoms. The number of nitrogens with one attached hydrogen (secondary N) is 2. The maximum Gasteiger partial charge on any atom is 0.329 e. The summed E-state index contributed by atoms with van der Waals surface area (Å²) in [7, 11) is 0. The molecule has 0 heterocycles. The third-order valence-corrected chi connectivity index (χ3v) is 5.82. The zero-order chi connectivity index (χ0) is 15.3. The number of rotatable bonds is 5. The van der Waals surface area contributed by atoms with Crippen LogP contribution in [0.3, 0.4) is 0 Å². The predicted molar refractivity (Wildman–Crippen MR) is 84.7 cm³/mol. The lowest BCUT2D eigenvalue weighted by Gasteiger charge is -2.34. The normalized spacial score (nSPS) is 28.0. The highest BCUT2D eigenvalue weighted by Crippen LogP contribution is 2.30. The molecule has 120 valence electrons. The van der Waals surface area contributed by atoms with Crippen molar-refractivity contribution in [2.45, 2.75) is 75.1 Å². The SMILES string of the molecule is CCSC1CCC(NC(=O)NC2(C(=O)O)CCCCC2)C1. The number of carboxylic acid groups (broad SMARTS) is 1. The molecular weight excluding hydrogens is 288 g/mol. The highest BCUT2D eigenvalue weighted by molar-refractivity contribution is 7.99. The van der Waals surface area contributed by atoms with Crippen molar-refractivity contribution >= 4 is 23.8 Å². The third kappa shape index (κ3) is 4.28. The number of thioether (sulfide) groups is 1. The molecule has 2 rings (SSSR count). The van der Waals surface area contributed by atoms with E-state index in [0.717, 1.165) is 44.3 Å². The third-order valence-electron chi connectivity index (χ3n) is 4.59. The van der Waals surface area contributed by atoms with E-state index < -0.39 is 11.5 Å². The minimum absolute atomic E-state index is 0.184. The molecule has 6 heteroatoms. The molecule has 2 aliphatic rings. The Bertz CT molecular complexity index is 383. The van der Waals surface area contributed by atoms with Gasteiger partial charge in [-0.2, -0.15) is 11.8 Å². The minimum atomic E-state index is -1.06. The van der Waals surface area contributed by atoms with E-state index in [9.17, 15) is 14.7 Å². The Hall–Kier alpha value is -0.910. The number of urea groups is 1. The van der Waals surface area contributed by atoms with Crippen molar-refractivity contribution in [3.8, 4) is 0 Å². The van der Waals surface area contributed by atoms with E-state index in [1.165, 1.54) is 0 Å². The van der Waals surface area contributed by atoms with Crippen LogP contribution in [0.2, 0.25) is 0 Å². The fourth-order valence-corrected chi connectivity index (χ4v) is 4.59. The summed E-state index contributed by atoms with van der Waals surface area (Å²) in [6, 6.07) is -0.130. The van der Waals surface area contributed by atoms with Crippen LogP contribution in [0.25, 0.3) is 0 Å². The molecule has 0 bridgehead atoms. The number of hydrogen-bond donors (Lipinski definition) is 3. The Balaban J connectivity index is 1.84. The lowest BCUT2D eigenvalue weighted by molar-refractivity contribution is -0.145. The van der Waals surface area contributed by atoms with Crippen molar-refractivity contribution in [3.05, 3.63) is 0 Å². The second-order valence-corrected chi connectivity index (χ2v) is 7.71. The molecule has 0 aromatic carbocycles. The molecular formula is C15H26N2O3S. The summed E-state index contributed by atoms with van der Waals surface area (Å²) in [4.78, 5) is 23.7. The zero-order valence-electron chi connectivity index (χ0n) is 12.7. The Morgan fingerprint density at radius 3 is 2.57 bits per heavy atom. The molecule has 2 aliphatic carbocycles. The molecule has 0 aromatic rings. The van der Waals surface area contributed by atoms with Crippen LogP contribution in [0.1, 0.15) is 58.3 Å². The summed E-state index contributed by atoms with van der Waals surface area (Å²) in [5, 5.41) is 15.8. The lowest BCUT2D eigenvalue weighted by atomic mass is 9.82. The molecule has 2 atom stereocenters. The Labute approximate surface area is 130 Å². The lowest BCUT2D eigenvalue weighted by Crippen LogP contribution is -2.59. The Morgan fingerprint density at radius 2 is 1.95 bits per heavy atom. The van der Waals surface area contributed by atoms with E-state index >= 15 is 0 Å². The van der Waals surface area contributed by atoms with Crippen LogP contribution in [0, 0.1) is 0 Å². The quantitative estimate of drug-likeness (QED) is 0.729. The maximum absolute atomic E-state index is 12.1. The van der Waals surface area contributed by atoms with Gasteiger partial charge in [-0.05, 0) is 37.9 Å². The maximum atomic E-state index is 12.1. The molecule has 0 radical (unpaired) electrons. The molecule has 21 heavy (non-hydrogen) atoms. The fourth-order valence-electron chi connectivity index (χ4n) is 3.44. The van der Waals surface area contributed by atoms with Gasteiger partial charge in [0.2, 0.25) is 0 Å². The van der Waals surface area contributed by atoms with Gasteiger partial charge < -0.3 is 15.7 Å². The summed E-state index contributed by atoms with van der Waals surface area (Å²) < 4.78 is 0. The largest absolute Gasteiger partial charge is 0.480 e. The van der Waals surface area contributed by atoms with Crippen LogP contribution in [-0.4, -0.2) is 39.7 Å². The van der Waals surface area contributed by atoms with Crippen molar-refractivity contribution in [1.29, 1.82) is 0 Å². The van der Waals surface area contributed by atoms with E-state index in [0.29, 0.717) is 18.1 Å². The van der Waals surface area contributed by atoms with Crippen LogP contribution < -0.4 is 10.6 Å². The van der Waals surface area contributed by atoms with Gasteiger partial charge in [-0.1, -0.05) is 26.2 Å². The monoisotopic (exact) mass is 314 g/mol. The van der Waals surface area contributed by atoms with Crippen molar-refractivity contribution in [3.63, 3.8) is 0 Å². The summed E-state index contributed by atoms with van der Waals surface area (Å²) in [6.45, 7) is 2.15. The Morgan fingerprint density at radius 1 is 1.24 bits per heavy atom. The zero-order valence-corrected chi connectivity index (χ0v) is 13.5. The summed E-state index contributed by atoms with van der Waals surface area (Å²) >= 11 is 1.94. The molecule has 0 aromatic heterocycles. The molecule has 2 unspecified atom stereocenters. The number of carbonyl (C=O) groups excluding carboxylic acids is 1. The van der Waals surface area contributed by atoms with E-state index in [2.05, 4.69) is 17.6 Å². The van der Waals surface area contributed by atoms with Crippen LogP contribution in [0.4, 0.5) is 4.79 Å². The molecule has 2 saturated carbocycles. The Kier molecular flexibility index (Phi) is 5.79. The molecule has 0 aliphatic heterocycles. The van der Waals surface area contributed by atoms with Crippen molar-refractivity contribution in [1.82, 2.24) is 10.6 Å². The molecule has 2 amide bonds. The highest BCUT2D eigenvalue weighted by Gasteiger charge is 2.41. The van der Waals surface area contributed by atoms with Gasteiger partial charge in [-0.15, -0.1) is 0 Å². The summed E-state index contributed by atoms with van der Waals surface area (Å²) in [5.41, 5.74) is -1.06. The standard InChI is InChI=1S/C15H26N2O3S/c1-2-21-12-7-6-11(10-12)16-14(20)17-15(13(18)19)8-4-3-5-9-15/h11-12H,2-10H2,1H3,(H,18,19)(H2,16,17,20). The summed E-state index contributed by atoms with van der Waals surface area (Å²) in [5.74, 6) is 0.203. The second-order valence-electron chi connectivity index (χ2n) is 6.13. The second kappa shape index (κ2) is 7.38. The van der Waals surface area contributed by atoms with Gasteiger partial charge in [0.25, 0.3) is 0 Å². The van der Waals surface area contributed by atoms with Gasteiger partial charge in [-0.25, -0.2) is 9.59 Å². The molecule has 0 saturated heterocycles. The van der Waals surface area contributed by atoms with E-state index in [1.54, 1.807) is 0 Å². The average molecular weight is 314 g/mol. The van der Waals surface area contributed by atoms with Gasteiger partial charge >= 0.3 is 12.0 Å². The van der Waals surface area contributed by atoms with Gasteiger partial charge in [0.1, 0.15) is 5.54 Å². The first-order valence-corrected chi connectivity index (χ1v) is 9.04. The average Bonchev–Trinajstić information content (AvgIpc) is 2.87. The van der Waals surface area contributed by atoms with Gasteiger partial charge in [0.05, 0.1) is 0 Å². The fraction of sp³-hybridized carbons (Fsp3) is 0.867. The predicted octanol–water partition coefficient (Wildman–Crippen LogP) is 2.75. The highest BCUT2D eigenvalue weighted by atomic mass is 32.2.